The maximum atomic E-state index is 10.5. The Balaban J connectivity index is 1.64. The van der Waals surface area contributed by atoms with Gasteiger partial charge >= 0.3 is 0 Å². The highest BCUT2D eigenvalue weighted by Crippen LogP contribution is 2.49. The van der Waals surface area contributed by atoms with Gasteiger partial charge in [0.1, 0.15) is 11.5 Å². The Morgan fingerprint density at radius 2 is 1.86 bits per heavy atom. The van der Waals surface area contributed by atoms with Gasteiger partial charge in [-0.1, -0.05) is 57.9 Å². The summed E-state index contributed by atoms with van der Waals surface area (Å²) in [6.45, 7) is 0. The summed E-state index contributed by atoms with van der Waals surface area (Å²) in [7, 11) is 0. The van der Waals surface area contributed by atoms with Gasteiger partial charge in [-0.05, 0) is 42.0 Å². The molecular formula is C22H16BrClN2O2. The molecule has 2 aliphatic heterocycles. The Hall–Kier alpha value is -2.50. The van der Waals surface area contributed by atoms with Crippen LogP contribution in [0.1, 0.15) is 35.4 Å². The minimum Gasteiger partial charge on any atom is -0.507 e. The molecule has 4 nitrogen and oxygen atoms in total. The molecule has 0 aromatic heterocycles. The number of nitrogens with zero attached hydrogens (tertiary/aromatic N) is 2. The molecule has 0 unspecified atom stereocenters. The topological polar surface area (TPSA) is 45.1 Å². The Bertz CT molecular complexity index is 1090. The summed E-state index contributed by atoms with van der Waals surface area (Å²) in [5.74, 6) is 0.937. The second kappa shape index (κ2) is 6.83. The quantitative estimate of drug-likeness (QED) is 0.511. The first-order valence-corrected chi connectivity index (χ1v) is 10.1. The van der Waals surface area contributed by atoms with Gasteiger partial charge in [0.2, 0.25) is 6.23 Å². The molecule has 28 heavy (non-hydrogen) atoms. The van der Waals surface area contributed by atoms with Crippen LogP contribution in [0.15, 0.2) is 76.3 Å². The number of ether oxygens (including phenoxy) is 1. The first-order valence-electron chi connectivity index (χ1n) is 8.96. The summed E-state index contributed by atoms with van der Waals surface area (Å²) in [6, 6.07) is 21.1. The summed E-state index contributed by atoms with van der Waals surface area (Å²) in [5.41, 5.74) is 3.74. The molecule has 3 aromatic rings. The lowest BCUT2D eigenvalue weighted by atomic mass is 9.96. The van der Waals surface area contributed by atoms with E-state index >= 15 is 0 Å². The number of phenolic OH excluding ortho intramolecular Hbond substituents is 1. The zero-order valence-electron chi connectivity index (χ0n) is 14.7. The van der Waals surface area contributed by atoms with Crippen molar-refractivity contribution in [2.75, 3.05) is 0 Å². The first kappa shape index (κ1) is 17.6. The fourth-order valence-electron chi connectivity index (χ4n) is 3.79. The molecule has 140 valence electrons. The molecule has 5 rings (SSSR count). The third kappa shape index (κ3) is 2.95. The van der Waals surface area contributed by atoms with Gasteiger partial charge in [0, 0.05) is 21.5 Å². The summed E-state index contributed by atoms with van der Waals surface area (Å²) in [4.78, 5) is 0. The third-order valence-electron chi connectivity index (χ3n) is 5.11. The number of hydrogen-bond donors (Lipinski definition) is 1. The van der Waals surface area contributed by atoms with Crippen LogP contribution in [0.5, 0.6) is 11.5 Å². The van der Waals surface area contributed by atoms with E-state index in [9.17, 15) is 5.11 Å². The van der Waals surface area contributed by atoms with Gasteiger partial charge in [0.15, 0.2) is 0 Å². The van der Waals surface area contributed by atoms with E-state index in [1.807, 2.05) is 47.5 Å². The molecule has 2 atom stereocenters. The van der Waals surface area contributed by atoms with E-state index in [2.05, 4.69) is 28.1 Å². The van der Waals surface area contributed by atoms with Gasteiger partial charge in [0.25, 0.3) is 0 Å². The van der Waals surface area contributed by atoms with Crippen molar-refractivity contribution < 1.29 is 9.84 Å². The molecule has 0 saturated heterocycles. The molecule has 2 heterocycles. The van der Waals surface area contributed by atoms with E-state index in [0.29, 0.717) is 10.6 Å². The van der Waals surface area contributed by atoms with Gasteiger partial charge in [-0.15, -0.1) is 0 Å². The van der Waals surface area contributed by atoms with Gasteiger partial charge in [0.05, 0.1) is 17.3 Å². The molecule has 0 spiro atoms. The highest BCUT2D eigenvalue weighted by Gasteiger charge is 2.42. The molecule has 3 aromatic carbocycles. The minimum absolute atomic E-state index is 0.0129. The largest absolute Gasteiger partial charge is 0.507 e. The van der Waals surface area contributed by atoms with Crippen molar-refractivity contribution in [2.45, 2.75) is 18.7 Å². The molecule has 0 aliphatic carbocycles. The molecule has 1 N–H and O–H groups in total. The highest BCUT2D eigenvalue weighted by molar-refractivity contribution is 9.10. The Kier molecular flexibility index (Phi) is 4.29. The zero-order valence-corrected chi connectivity index (χ0v) is 17.1. The molecule has 6 heteroatoms. The maximum absolute atomic E-state index is 10.5. The summed E-state index contributed by atoms with van der Waals surface area (Å²) < 4.78 is 7.16. The summed E-state index contributed by atoms with van der Waals surface area (Å²) in [5, 5.41) is 18.0. The molecule has 2 aliphatic rings. The van der Waals surface area contributed by atoms with Crippen LogP contribution in [0.25, 0.3) is 0 Å². The number of fused-ring (bicyclic) bond motifs is 3. The van der Waals surface area contributed by atoms with Crippen molar-refractivity contribution in [3.63, 3.8) is 0 Å². The SMILES string of the molecule is Oc1ccc(Br)cc1[C@H]1Oc2ccc(Cl)cc2[C@@H]2CC(c3ccccc3)=NN12. The van der Waals surface area contributed by atoms with Gasteiger partial charge < -0.3 is 9.84 Å². The predicted molar refractivity (Wildman–Crippen MR) is 113 cm³/mol. The number of hydrazone groups is 1. The number of phenols is 1. The molecule has 0 fully saturated rings. The Morgan fingerprint density at radius 3 is 2.68 bits per heavy atom. The number of aromatic hydroxyl groups is 1. The van der Waals surface area contributed by atoms with Crippen LogP contribution in [-0.4, -0.2) is 15.8 Å². The van der Waals surface area contributed by atoms with Crippen molar-refractivity contribution in [2.24, 2.45) is 5.10 Å². The van der Waals surface area contributed by atoms with E-state index in [1.54, 1.807) is 12.1 Å². The van der Waals surface area contributed by atoms with Crippen LogP contribution >= 0.6 is 27.5 Å². The van der Waals surface area contributed by atoms with Crippen molar-refractivity contribution in [1.29, 1.82) is 0 Å². The number of rotatable bonds is 2. The van der Waals surface area contributed by atoms with Crippen molar-refractivity contribution in [3.8, 4) is 11.5 Å². The van der Waals surface area contributed by atoms with E-state index in [4.69, 9.17) is 21.4 Å². The molecule has 0 bridgehead atoms. The van der Waals surface area contributed by atoms with Crippen LogP contribution < -0.4 is 4.74 Å². The van der Waals surface area contributed by atoms with Crippen molar-refractivity contribution in [3.05, 3.63) is 92.9 Å². The molecule has 0 saturated carbocycles. The van der Waals surface area contributed by atoms with Gasteiger partial charge in [-0.25, -0.2) is 5.01 Å². The first-order chi connectivity index (χ1) is 13.6. The molecule has 0 amide bonds. The van der Waals surface area contributed by atoms with Crippen LogP contribution in [0, 0.1) is 0 Å². The standard InChI is InChI=1S/C22H16BrClN2O2/c23-14-6-8-20(27)17(10-14)22-26-19(16-11-15(24)7-9-21(16)28-22)12-18(25-26)13-4-2-1-3-5-13/h1-11,19,22,27H,12H2/t19-,22+/m0/s1. The second-order valence-electron chi connectivity index (χ2n) is 6.87. The lowest BCUT2D eigenvalue weighted by molar-refractivity contribution is -0.0203. The van der Waals surface area contributed by atoms with Gasteiger partial charge in [-0.2, -0.15) is 5.10 Å². The Labute approximate surface area is 176 Å². The fraction of sp³-hybridized carbons (Fsp3) is 0.136. The maximum Gasteiger partial charge on any atom is 0.217 e. The number of halogens is 2. The van der Waals surface area contributed by atoms with Gasteiger partial charge in [-0.3, -0.25) is 0 Å². The van der Waals surface area contributed by atoms with Crippen LogP contribution in [0.2, 0.25) is 5.02 Å². The summed E-state index contributed by atoms with van der Waals surface area (Å²) in [6.07, 6.45) is 0.212. The van der Waals surface area contributed by atoms with E-state index in [1.165, 1.54) is 0 Å². The monoisotopic (exact) mass is 454 g/mol. The Morgan fingerprint density at radius 1 is 1.04 bits per heavy atom. The number of benzene rings is 3. The third-order valence-corrected chi connectivity index (χ3v) is 5.84. The van der Waals surface area contributed by atoms with Crippen molar-refractivity contribution >= 4 is 33.2 Å². The second-order valence-corrected chi connectivity index (χ2v) is 8.22. The van der Waals surface area contributed by atoms with Crippen LogP contribution in [0.3, 0.4) is 0 Å². The van der Waals surface area contributed by atoms with E-state index in [-0.39, 0.29) is 11.8 Å². The number of hydrogen-bond acceptors (Lipinski definition) is 4. The minimum atomic E-state index is -0.530. The fourth-order valence-corrected chi connectivity index (χ4v) is 4.35. The smallest absolute Gasteiger partial charge is 0.217 e. The zero-order chi connectivity index (χ0) is 19.3. The lowest BCUT2D eigenvalue weighted by Gasteiger charge is -2.38. The van der Waals surface area contributed by atoms with E-state index < -0.39 is 6.23 Å². The molecular weight excluding hydrogens is 440 g/mol. The average molecular weight is 456 g/mol. The van der Waals surface area contributed by atoms with E-state index in [0.717, 1.165) is 33.5 Å². The normalized spacial score (nSPS) is 20.2. The van der Waals surface area contributed by atoms with Crippen LogP contribution in [-0.2, 0) is 0 Å². The summed E-state index contributed by atoms with van der Waals surface area (Å²) >= 11 is 9.75. The molecule has 0 radical (unpaired) electrons. The predicted octanol–water partition coefficient (Wildman–Crippen LogP) is 6.05. The van der Waals surface area contributed by atoms with Crippen LogP contribution in [0.4, 0.5) is 0 Å². The average Bonchev–Trinajstić information content (AvgIpc) is 3.16. The lowest BCUT2D eigenvalue weighted by Crippen LogP contribution is -2.33. The van der Waals surface area contributed by atoms with Crippen molar-refractivity contribution in [1.82, 2.24) is 5.01 Å². The highest BCUT2D eigenvalue weighted by atomic mass is 79.9.